The number of hydrogen-bond donors (Lipinski definition) is 6. The number of aromatic nitrogens is 1. The second-order valence-electron chi connectivity index (χ2n) is 18.1. The number of amides is 4. The molecule has 2 aliphatic heterocycles. The number of pyridine rings is 1. The van der Waals surface area contributed by atoms with Gasteiger partial charge in [0.05, 0.1) is 63.0 Å². The van der Waals surface area contributed by atoms with Crippen molar-refractivity contribution in [2.75, 3.05) is 105 Å². The van der Waals surface area contributed by atoms with Crippen LogP contribution in [0.25, 0.3) is 22.0 Å². The smallest absolute Gasteiger partial charge is 0.317 e. The number of nitrogens with one attached hydrogen (secondary N) is 3. The number of nitrogens with zero attached hydrogens (tertiary/aromatic N) is 7. The quantitative estimate of drug-likeness (QED) is 0.0972. The standard InChI is InChI=1S/C48H60F2N10O11/c49-48(50)24-36(25-51)60(31-48)42(62)26-54-47(70)38-11-12-52-40-10-5-34(23-39(38)40)32-3-8-37(9-4-32)71-22-13-53-46(69)33-1-6-35(7-2-33)55-41(61)27-56-14-16-57(28-43(63)64)18-20-59(30-45(67)68)21-19-58(17-15-56)29-44(65)66/h3-5,8-12,23,33,35-36H,1-2,6-7,13-22,24,26-31H2,(H,53,69)(H,54,70)(H,55,61)(H,63,64)(H,65,66)(H,67,68)/t33?,35?,36-/m0/s1. The summed E-state index contributed by atoms with van der Waals surface area (Å²) in [4.78, 5) is 99.0. The van der Waals surface area contributed by atoms with Gasteiger partial charge in [-0.3, -0.25) is 58.1 Å². The Morgan fingerprint density at radius 3 is 1.83 bits per heavy atom. The Balaban J connectivity index is 0.926. The molecule has 1 aromatic heterocycles. The van der Waals surface area contributed by atoms with Gasteiger partial charge in [0.1, 0.15) is 18.4 Å². The molecule has 6 N–H and O–H groups in total. The number of aliphatic carboxylic acids is 3. The van der Waals surface area contributed by atoms with Crippen molar-refractivity contribution in [2.24, 2.45) is 5.92 Å². The van der Waals surface area contributed by atoms with E-state index in [2.05, 4.69) is 20.9 Å². The van der Waals surface area contributed by atoms with Gasteiger partial charge in [-0.15, -0.1) is 0 Å². The van der Waals surface area contributed by atoms with E-state index < -0.39 is 61.2 Å². The van der Waals surface area contributed by atoms with Crippen LogP contribution in [0.5, 0.6) is 5.75 Å². The molecule has 3 aromatic rings. The lowest BCUT2D eigenvalue weighted by Gasteiger charge is -2.33. The number of fused-ring (bicyclic) bond motifs is 1. The molecular weight excluding hydrogens is 931 g/mol. The number of carbonyl (C=O) groups excluding carboxylic acids is 4. The number of rotatable bonds is 18. The Labute approximate surface area is 408 Å². The van der Waals surface area contributed by atoms with E-state index in [0.29, 0.717) is 68.5 Å². The van der Waals surface area contributed by atoms with E-state index in [0.717, 1.165) is 16.0 Å². The fourth-order valence-corrected chi connectivity index (χ4v) is 9.06. The highest BCUT2D eigenvalue weighted by Crippen LogP contribution is 2.32. The van der Waals surface area contributed by atoms with Crippen molar-refractivity contribution >= 4 is 52.4 Å². The monoisotopic (exact) mass is 990 g/mol. The average molecular weight is 991 g/mol. The fourth-order valence-electron chi connectivity index (χ4n) is 9.06. The highest BCUT2D eigenvalue weighted by Gasteiger charge is 2.47. The topological polar surface area (TPSA) is 278 Å². The molecule has 2 aromatic carbocycles. The number of carboxylic acids is 3. The molecule has 0 unspecified atom stereocenters. The van der Waals surface area contributed by atoms with Crippen molar-refractivity contribution < 1.29 is 62.4 Å². The highest BCUT2D eigenvalue weighted by atomic mass is 19.3. The van der Waals surface area contributed by atoms with Gasteiger partial charge in [-0.1, -0.05) is 18.2 Å². The van der Waals surface area contributed by atoms with E-state index in [1.807, 2.05) is 23.1 Å². The zero-order valence-electron chi connectivity index (χ0n) is 39.3. The van der Waals surface area contributed by atoms with Crippen LogP contribution in [0.1, 0.15) is 42.5 Å². The molecule has 382 valence electrons. The molecule has 1 aliphatic carbocycles. The molecule has 23 heteroatoms. The molecule has 3 aliphatic rings. The Bertz CT molecular complexity index is 2400. The first-order valence-electron chi connectivity index (χ1n) is 23.5. The van der Waals surface area contributed by atoms with Crippen LogP contribution in [-0.2, 0) is 28.8 Å². The Hall–Kier alpha value is -6.87. The van der Waals surface area contributed by atoms with Gasteiger partial charge in [0.15, 0.2) is 0 Å². The second-order valence-corrected chi connectivity index (χ2v) is 18.1. The molecule has 0 spiro atoms. The lowest BCUT2D eigenvalue weighted by Crippen LogP contribution is -2.50. The van der Waals surface area contributed by atoms with Crippen LogP contribution in [0.3, 0.4) is 0 Å². The normalized spacial score (nSPS) is 20.7. The van der Waals surface area contributed by atoms with Crippen LogP contribution in [0.4, 0.5) is 8.78 Å². The summed E-state index contributed by atoms with van der Waals surface area (Å²) in [5.41, 5.74) is 2.31. The zero-order chi connectivity index (χ0) is 51.1. The number of carboxylic acid groups (broad SMARTS) is 3. The second kappa shape index (κ2) is 25.3. The molecule has 1 saturated carbocycles. The minimum absolute atomic E-state index is 0.00687. The number of nitriles is 1. The first kappa shape index (κ1) is 53.5. The Kier molecular flexibility index (Phi) is 19.1. The zero-order valence-corrected chi connectivity index (χ0v) is 39.3. The van der Waals surface area contributed by atoms with Gasteiger partial charge in [-0.05, 0) is 67.1 Å². The van der Waals surface area contributed by atoms with Crippen LogP contribution in [0, 0.1) is 17.2 Å². The predicted octanol–water partition coefficient (Wildman–Crippen LogP) is 1.04. The lowest BCUT2D eigenvalue weighted by molar-refractivity contribution is -0.140. The first-order chi connectivity index (χ1) is 33.9. The maximum Gasteiger partial charge on any atom is 0.317 e. The van der Waals surface area contributed by atoms with Crippen LogP contribution >= 0.6 is 0 Å². The molecule has 21 nitrogen and oxygen atoms in total. The van der Waals surface area contributed by atoms with Gasteiger partial charge in [0.2, 0.25) is 17.7 Å². The molecular formula is C48H60F2N10O11. The summed E-state index contributed by atoms with van der Waals surface area (Å²) >= 11 is 0. The average Bonchev–Trinajstić information content (AvgIpc) is 3.66. The van der Waals surface area contributed by atoms with Crippen LogP contribution in [0.15, 0.2) is 54.7 Å². The number of benzene rings is 2. The van der Waals surface area contributed by atoms with Crippen molar-refractivity contribution in [3.63, 3.8) is 0 Å². The SMILES string of the molecule is N#C[C@@H]1CC(F)(F)CN1C(=O)CNC(=O)c1ccnc2ccc(-c3ccc(OCCNC(=O)C4CCC(NC(=O)CN5CCN(CC(=O)O)CCN(CC(=O)O)CCN(CC(=O)O)CC5)CC4)cc3)cc12. The van der Waals surface area contributed by atoms with Crippen LogP contribution < -0.4 is 20.7 Å². The largest absolute Gasteiger partial charge is 0.492 e. The lowest BCUT2D eigenvalue weighted by atomic mass is 9.85. The third kappa shape index (κ3) is 16.3. The summed E-state index contributed by atoms with van der Waals surface area (Å²) < 4.78 is 33.6. The van der Waals surface area contributed by atoms with E-state index in [1.165, 1.54) is 12.3 Å². The molecule has 71 heavy (non-hydrogen) atoms. The predicted molar refractivity (Wildman–Crippen MR) is 251 cm³/mol. The van der Waals surface area contributed by atoms with E-state index in [4.69, 9.17) is 4.74 Å². The summed E-state index contributed by atoms with van der Waals surface area (Å²) in [7, 11) is 0. The molecule has 0 bridgehead atoms. The van der Waals surface area contributed by atoms with E-state index >= 15 is 0 Å². The number of ether oxygens (including phenoxy) is 1. The van der Waals surface area contributed by atoms with Crippen LogP contribution in [0.2, 0.25) is 0 Å². The van der Waals surface area contributed by atoms with Gasteiger partial charge >= 0.3 is 17.9 Å². The minimum atomic E-state index is -3.17. The first-order valence-corrected chi connectivity index (χ1v) is 23.5. The summed E-state index contributed by atoms with van der Waals surface area (Å²) in [6.45, 7) is 0.597. The van der Waals surface area contributed by atoms with E-state index in [-0.39, 0.29) is 94.8 Å². The number of carbonyl (C=O) groups is 7. The number of likely N-dealkylation sites (tertiary alicyclic amines) is 1. The number of hydrogen-bond acceptors (Lipinski definition) is 14. The van der Waals surface area contributed by atoms with Crippen molar-refractivity contribution in [3.05, 3.63) is 60.3 Å². The van der Waals surface area contributed by atoms with E-state index in [9.17, 15) is 62.9 Å². The summed E-state index contributed by atoms with van der Waals surface area (Å²) in [6.07, 6.45) is 3.02. The van der Waals surface area contributed by atoms with Gasteiger partial charge in [0, 0.05) is 82.3 Å². The third-order valence-corrected chi connectivity index (χ3v) is 12.8. The van der Waals surface area contributed by atoms with Gasteiger partial charge < -0.3 is 40.9 Å². The molecule has 0 radical (unpaired) electrons. The Morgan fingerprint density at radius 1 is 0.732 bits per heavy atom. The van der Waals surface area contributed by atoms with Crippen molar-refractivity contribution in [3.8, 4) is 22.9 Å². The maximum atomic E-state index is 13.9. The van der Waals surface area contributed by atoms with Gasteiger partial charge in [-0.2, -0.15) is 5.26 Å². The summed E-state index contributed by atoms with van der Waals surface area (Å²) in [6, 6.07) is 14.4. The third-order valence-electron chi connectivity index (χ3n) is 12.8. The fraction of sp³-hybridized carbons (Fsp3) is 0.521. The highest BCUT2D eigenvalue weighted by molar-refractivity contribution is 6.07. The number of halogens is 2. The molecule has 3 heterocycles. The van der Waals surface area contributed by atoms with Gasteiger partial charge in [-0.25, -0.2) is 8.78 Å². The maximum absolute atomic E-state index is 13.9. The van der Waals surface area contributed by atoms with Crippen molar-refractivity contribution in [1.82, 2.24) is 45.4 Å². The van der Waals surface area contributed by atoms with Crippen molar-refractivity contribution in [1.29, 1.82) is 5.26 Å². The van der Waals surface area contributed by atoms with Gasteiger partial charge in [0.25, 0.3) is 11.8 Å². The molecule has 6 rings (SSSR count). The number of alkyl halides is 2. The van der Waals surface area contributed by atoms with E-state index in [1.54, 1.807) is 45.0 Å². The van der Waals surface area contributed by atoms with Crippen LogP contribution in [-0.4, -0.2) is 209 Å². The molecule has 4 amide bonds. The Morgan fingerprint density at radius 2 is 1.28 bits per heavy atom. The minimum Gasteiger partial charge on any atom is -0.492 e. The molecule has 2 saturated heterocycles. The molecule has 1 atom stereocenters. The van der Waals surface area contributed by atoms with Crippen molar-refractivity contribution in [2.45, 2.75) is 50.1 Å². The summed E-state index contributed by atoms with van der Waals surface area (Å²) in [5, 5.41) is 46.6. The summed E-state index contributed by atoms with van der Waals surface area (Å²) in [5.74, 6) is -7.68. The molecule has 3 fully saturated rings.